The maximum Gasteiger partial charge on any atom is 0.358 e. The second-order valence-corrected chi connectivity index (χ2v) is 3.20. The van der Waals surface area contributed by atoms with E-state index in [-0.39, 0.29) is 18.1 Å². The highest BCUT2D eigenvalue weighted by atomic mass is 16.8. The molecule has 6 nitrogen and oxygen atoms in total. The molecule has 92 valence electrons. The first kappa shape index (κ1) is 13.0. The van der Waals surface area contributed by atoms with Gasteiger partial charge < -0.3 is 9.47 Å². The van der Waals surface area contributed by atoms with Gasteiger partial charge in [-0.1, -0.05) is 6.07 Å². The molecule has 1 aromatic rings. The van der Waals surface area contributed by atoms with Gasteiger partial charge in [0.15, 0.2) is 7.11 Å². The predicted molar refractivity (Wildman–Crippen MR) is 59.0 cm³/mol. The van der Waals surface area contributed by atoms with Crippen LogP contribution in [0.1, 0.15) is 5.56 Å². The Bertz CT molecular complexity index is 430. The third-order valence-corrected chi connectivity index (χ3v) is 2.18. The zero-order valence-electron chi connectivity index (χ0n) is 9.93. The largest absolute Gasteiger partial charge is 0.490 e. The lowest BCUT2D eigenvalue weighted by Gasteiger charge is -2.03. The van der Waals surface area contributed by atoms with Crippen molar-refractivity contribution < 1.29 is 24.0 Å². The summed E-state index contributed by atoms with van der Waals surface area (Å²) in [5, 5.41) is 0. The van der Waals surface area contributed by atoms with Crippen molar-refractivity contribution in [2.45, 2.75) is 6.42 Å². The molecule has 17 heavy (non-hydrogen) atoms. The molecule has 0 atom stereocenters. The molecule has 0 aliphatic carbocycles. The van der Waals surface area contributed by atoms with Crippen molar-refractivity contribution in [2.24, 2.45) is 0 Å². The molecule has 0 aliphatic rings. The standard InChI is InChI=1S/C11H14NO5/c1-15-10-5-4-8(7-11(13)16-2)6-9(10)12(14)17-3/h4-6H,7H2,1-3H3/q+1. The second-order valence-electron chi connectivity index (χ2n) is 3.20. The summed E-state index contributed by atoms with van der Waals surface area (Å²) < 4.78 is 9.56. The number of hydrogen-bond acceptors (Lipinski definition) is 5. The number of rotatable bonds is 5. The zero-order valence-corrected chi connectivity index (χ0v) is 9.93. The Morgan fingerprint density at radius 3 is 2.53 bits per heavy atom. The highest BCUT2D eigenvalue weighted by Crippen LogP contribution is 2.28. The Morgan fingerprint density at radius 1 is 1.29 bits per heavy atom. The van der Waals surface area contributed by atoms with E-state index in [2.05, 4.69) is 9.57 Å². The fourth-order valence-electron chi connectivity index (χ4n) is 1.33. The van der Waals surface area contributed by atoms with Gasteiger partial charge in [-0.25, -0.2) is 4.84 Å². The average molecular weight is 240 g/mol. The van der Waals surface area contributed by atoms with E-state index >= 15 is 0 Å². The van der Waals surface area contributed by atoms with Gasteiger partial charge in [0.1, 0.15) is 0 Å². The lowest BCUT2D eigenvalue weighted by atomic mass is 10.1. The summed E-state index contributed by atoms with van der Waals surface area (Å²) in [5.74, 6) is -0.00792. The normalized spacial score (nSPS) is 9.59. The van der Waals surface area contributed by atoms with E-state index < -0.39 is 0 Å². The van der Waals surface area contributed by atoms with Gasteiger partial charge in [0.2, 0.25) is 5.75 Å². The Morgan fingerprint density at radius 2 is 2.00 bits per heavy atom. The number of ether oxygens (including phenoxy) is 2. The first-order valence-corrected chi connectivity index (χ1v) is 4.87. The molecule has 0 saturated carbocycles. The maximum absolute atomic E-state index is 11.4. The highest BCUT2D eigenvalue weighted by molar-refractivity contribution is 5.73. The minimum Gasteiger partial charge on any atom is -0.490 e. The molecule has 0 fully saturated rings. The van der Waals surface area contributed by atoms with Crippen LogP contribution in [0.15, 0.2) is 18.2 Å². The molecule has 6 heteroatoms. The van der Waals surface area contributed by atoms with Crippen molar-refractivity contribution >= 4 is 11.7 Å². The van der Waals surface area contributed by atoms with Crippen molar-refractivity contribution in [3.8, 4) is 5.75 Å². The number of esters is 1. The highest BCUT2D eigenvalue weighted by Gasteiger charge is 2.22. The Kier molecular flexibility index (Phi) is 4.45. The minimum atomic E-state index is -0.379. The summed E-state index contributed by atoms with van der Waals surface area (Å²) in [6, 6.07) is 4.80. The van der Waals surface area contributed by atoms with Crippen LogP contribution in [0.4, 0.5) is 5.69 Å². The van der Waals surface area contributed by atoms with Crippen molar-refractivity contribution in [3.05, 3.63) is 28.7 Å². The minimum absolute atomic E-state index is 0.0883. The van der Waals surface area contributed by atoms with Crippen LogP contribution in [-0.2, 0) is 20.8 Å². The summed E-state index contributed by atoms with van der Waals surface area (Å²) in [5.41, 5.74) is 0.849. The van der Waals surface area contributed by atoms with Gasteiger partial charge >= 0.3 is 11.7 Å². The Balaban J connectivity index is 3.04. The third kappa shape index (κ3) is 3.17. The van der Waals surface area contributed by atoms with Crippen LogP contribution < -0.4 is 4.74 Å². The lowest BCUT2D eigenvalue weighted by Crippen LogP contribution is -2.06. The van der Waals surface area contributed by atoms with Crippen LogP contribution in [0.25, 0.3) is 0 Å². The van der Waals surface area contributed by atoms with Gasteiger partial charge in [-0.3, -0.25) is 4.79 Å². The summed E-state index contributed by atoms with van der Waals surface area (Å²) in [4.78, 5) is 27.4. The number of carbonyl (C=O) groups is 1. The van der Waals surface area contributed by atoms with E-state index in [1.807, 2.05) is 0 Å². The molecule has 1 rings (SSSR count). The summed E-state index contributed by atoms with van der Waals surface area (Å²) in [7, 11) is 4.00. The van der Waals surface area contributed by atoms with E-state index in [4.69, 9.17) is 4.74 Å². The molecule has 1 aromatic carbocycles. The number of carbonyl (C=O) groups excluding carboxylic acids is 1. The lowest BCUT2D eigenvalue weighted by molar-refractivity contribution is -0.736. The smallest absolute Gasteiger partial charge is 0.358 e. The number of methoxy groups -OCH3 is 2. The molecule has 0 aromatic heterocycles. The molecular formula is C11H14NO5+. The molecular weight excluding hydrogens is 226 g/mol. The van der Waals surface area contributed by atoms with Crippen molar-refractivity contribution in [1.82, 2.24) is 0 Å². The summed E-state index contributed by atoms with van der Waals surface area (Å²) >= 11 is 0. The Hall–Kier alpha value is -2.11. The molecule has 0 unspecified atom stereocenters. The molecule has 0 saturated heterocycles. The molecule has 0 aliphatic heterocycles. The zero-order chi connectivity index (χ0) is 12.8. The fraction of sp³-hybridized carbons (Fsp3) is 0.364. The van der Waals surface area contributed by atoms with Crippen LogP contribution in [0, 0.1) is 4.91 Å². The second kappa shape index (κ2) is 5.83. The van der Waals surface area contributed by atoms with Crippen LogP contribution in [0.3, 0.4) is 0 Å². The van der Waals surface area contributed by atoms with Gasteiger partial charge in [-0.2, -0.15) is 0 Å². The molecule has 0 N–H and O–H groups in total. The van der Waals surface area contributed by atoms with Crippen molar-refractivity contribution in [3.63, 3.8) is 0 Å². The third-order valence-electron chi connectivity index (χ3n) is 2.18. The van der Waals surface area contributed by atoms with Crippen molar-refractivity contribution in [1.29, 1.82) is 0 Å². The fourth-order valence-corrected chi connectivity index (χ4v) is 1.33. The average Bonchev–Trinajstić information content (AvgIpc) is 2.37. The first-order valence-electron chi connectivity index (χ1n) is 4.87. The molecule has 0 amide bonds. The van der Waals surface area contributed by atoms with Crippen LogP contribution in [0.5, 0.6) is 5.75 Å². The SMILES string of the molecule is COC(=O)Cc1ccc(OC)c([N+](=O)OC)c1. The quantitative estimate of drug-likeness (QED) is 0.574. The topological polar surface area (TPSA) is 64.8 Å². The Labute approximate surface area is 98.6 Å². The van der Waals surface area contributed by atoms with E-state index in [0.717, 1.165) is 0 Å². The molecule has 0 heterocycles. The van der Waals surface area contributed by atoms with Gasteiger partial charge in [0.05, 0.1) is 25.5 Å². The number of nitrogens with zero attached hydrogens (tertiary/aromatic N) is 1. The predicted octanol–water partition coefficient (Wildman–Crippen LogP) is 1.38. The van der Waals surface area contributed by atoms with E-state index in [9.17, 15) is 9.70 Å². The molecule has 0 spiro atoms. The van der Waals surface area contributed by atoms with Gasteiger partial charge in [-0.15, -0.1) is 0 Å². The van der Waals surface area contributed by atoms with Crippen LogP contribution in [-0.4, -0.2) is 32.2 Å². The molecule has 0 bridgehead atoms. The monoisotopic (exact) mass is 240 g/mol. The summed E-state index contributed by atoms with van der Waals surface area (Å²) in [6.07, 6.45) is 0.0883. The van der Waals surface area contributed by atoms with Gasteiger partial charge in [0, 0.05) is 6.07 Å². The van der Waals surface area contributed by atoms with E-state index in [0.29, 0.717) is 16.2 Å². The number of benzene rings is 1. The summed E-state index contributed by atoms with van der Waals surface area (Å²) in [6.45, 7) is 0. The van der Waals surface area contributed by atoms with E-state index in [1.165, 1.54) is 27.4 Å². The van der Waals surface area contributed by atoms with Gasteiger partial charge in [0.25, 0.3) is 4.92 Å². The van der Waals surface area contributed by atoms with Gasteiger partial charge in [-0.05, 0) is 11.6 Å². The first-order chi connectivity index (χ1) is 8.12. The maximum atomic E-state index is 11.4. The van der Waals surface area contributed by atoms with Crippen LogP contribution >= 0.6 is 0 Å². The molecule has 0 radical (unpaired) electrons. The van der Waals surface area contributed by atoms with Crippen molar-refractivity contribution in [2.75, 3.05) is 21.3 Å². The number of hydrogen-bond donors (Lipinski definition) is 0. The van der Waals surface area contributed by atoms with Crippen LogP contribution in [0.2, 0.25) is 0 Å². The van der Waals surface area contributed by atoms with E-state index in [1.54, 1.807) is 12.1 Å².